The zero-order chi connectivity index (χ0) is 18.0. The molecule has 0 amide bonds. The number of fused-ring (bicyclic) bond motifs is 1. The summed E-state index contributed by atoms with van der Waals surface area (Å²) in [4.78, 5) is 28.1. The zero-order valence-corrected chi connectivity index (χ0v) is 15.3. The number of para-hydroxylation sites is 1. The number of ether oxygens (including phenoxy) is 1. The van der Waals surface area contributed by atoms with Gasteiger partial charge < -0.3 is 4.74 Å². The van der Waals surface area contributed by atoms with E-state index in [1.165, 1.54) is 4.57 Å². The van der Waals surface area contributed by atoms with Gasteiger partial charge in [0.25, 0.3) is 5.56 Å². The van der Waals surface area contributed by atoms with E-state index >= 15 is 0 Å². The van der Waals surface area contributed by atoms with Gasteiger partial charge >= 0.3 is 5.69 Å². The van der Waals surface area contributed by atoms with Crippen molar-refractivity contribution in [2.45, 2.75) is 33.9 Å². The number of aromatic nitrogens is 2. The van der Waals surface area contributed by atoms with Gasteiger partial charge in [0.2, 0.25) is 0 Å². The Bertz CT molecular complexity index is 855. The SMILES string of the molecule is CC(C)(C)Cn1c(=O)c2ccccc2n(CCN2CCOCC2)c1=O. The number of hydrogen-bond acceptors (Lipinski definition) is 4. The summed E-state index contributed by atoms with van der Waals surface area (Å²) >= 11 is 0. The second-order valence-corrected chi connectivity index (χ2v) is 7.86. The molecule has 6 heteroatoms. The van der Waals surface area contributed by atoms with Crippen molar-refractivity contribution in [3.05, 3.63) is 45.1 Å². The van der Waals surface area contributed by atoms with Gasteiger partial charge in [-0.3, -0.25) is 18.8 Å². The summed E-state index contributed by atoms with van der Waals surface area (Å²) in [6.45, 7) is 11.1. The summed E-state index contributed by atoms with van der Waals surface area (Å²) in [7, 11) is 0. The van der Waals surface area contributed by atoms with Gasteiger partial charge in [-0.2, -0.15) is 0 Å². The molecule has 0 saturated carbocycles. The molecule has 0 radical (unpaired) electrons. The van der Waals surface area contributed by atoms with Crippen molar-refractivity contribution in [3.8, 4) is 0 Å². The first-order chi connectivity index (χ1) is 11.9. The fraction of sp³-hybridized carbons (Fsp3) is 0.579. The lowest BCUT2D eigenvalue weighted by atomic mass is 9.97. The summed E-state index contributed by atoms with van der Waals surface area (Å²) < 4.78 is 8.52. The van der Waals surface area contributed by atoms with Gasteiger partial charge in [0.15, 0.2) is 0 Å². The number of morpholine rings is 1. The first-order valence-corrected chi connectivity index (χ1v) is 8.89. The van der Waals surface area contributed by atoms with E-state index in [1.54, 1.807) is 4.57 Å². The van der Waals surface area contributed by atoms with Crippen molar-refractivity contribution in [3.63, 3.8) is 0 Å². The Kier molecular flexibility index (Phi) is 5.11. The molecule has 1 aliphatic heterocycles. The third-order valence-corrected chi connectivity index (χ3v) is 4.51. The van der Waals surface area contributed by atoms with E-state index in [2.05, 4.69) is 4.90 Å². The summed E-state index contributed by atoms with van der Waals surface area (Å²) in [5, 5.41) is 0.605. The maximum Gasteiger partial charge on any atom is 0.331 e. The maximum atomic E-state index is 13.0. The standard InChI is InChI=1S/C19H27N3O3/c1-19(2,3)14-22-17(23)15-6-4-5-7-16(15)21(18(22)24)9-8-20-10-12-25-13-11-20/h4-7H,8-14H2,1-3H3. The molecular weight excluding hydrogens is 318 g/mol. The molecule has 3 rings (SSSR count). The van der Waals surface area contributed by atoms with Crippen LogP contribution in [-0.2, 0) is 17.8 Å². The largest absolute Gasteiger partial charge is 0.379 e. The number of benzene rings is 1. The van der Waals surface area contributed by atoms with Crippen molar-refractivity contribution in [1.82, 2.24) is 14.0 Å². The predicted octanol–water partition coefficient (Wildman–Crippen LogP) is 1.54. The Morgan fingerprint density at radius 1 is 1.00 bits per heavy atom. The summed E-state index contributed by atoms with van der Waals surface area (Å²) in [6.07, 6.45) is 0. The van der Waals surface area contributed by atoms with Crippen LogP contribution in [0.3, 0.4) is 0 Å². The first-order valence-electron chi connectivity index (χ1n) is 8.89. The van der Waals surface area contributed by atoms with Crippen LogP contribution in [0.15, 0.2) is 33.9 Å². The maximum absolute atomic E-state index is 13.0. The van der Waals surface area contributed by atoms with Crippen LogP contribution in [0.25, 0.3) is 10.9 Å². The second kappa shape index (κ2) is 7.14. The van der Waals surface area contributed by atoms with Crippen LogP contribution in [0.2, 0.25) is 0 Å². The highest BCUT2D eigenvalue weighted by Gasteiger charge is 2.19. The van der Waals surface area contributed by atoms with Crippen molar-refractivity contribution < 1.29 is 4.74 Å². The van der Waals surface area contributed by atoms with E-state index in [0.717, 1.165) is 38.4 Å². The van der Waals surface area contributed by atoms with Gasteiger partial charge in [0.05, 0.1) is 24.1 Å². The molecule has 136 valence electrons. The summed E-state index contributed by atoms with van der Waals surface area (Å²) in [5.41, 5.74) is 0.161. The number of nitrogens with zero attached hydrogens (tertiary/aromatic N) is 3. The average Bonchev–Trinajstić information content (AvgIpc) is 2.59. The van der Waals surface area contributed by atoms with Crippen molar-refractivity contribution in [1.29, 1.82) is 0 Å². The molecule has 0 atom stereocenters. The van der Waals surface area contributed by atoms with E-state index in [9.17, 15) is 9.59 Å². The molecule has 25 heavy (non-hydrogen) atoms. The second-order valence-electron chi connectivity index (χ2n) is 7.86. The average molecular weight is 345 g/mol. The highest BCUT2D eigenvalue weighted by atomic mass is 16.5. The highest BCUT2D eigenvalue weighted by Crippen LogP contribution is 2.15. The first kappa shape index (κ1) is 17.9. The van der Waals surface area contributed by atoms with Crippen LogP contribution in [-0.4, -0.2) is 46.9 Å². The van der Waals surface area contributed by atoms with Crippen molar-refractivity contribution in [2.75, 3.05) is 32.8 Å². The molecule has 0 spiro atoms. The highest BCUT2D eigenvalue weighted by molar-refractivity contribution is 5.77. The van der Waals surface area contributed by atoms with Gasteiger partial charge in [0.1, 0.15) is 0 Å². The van der Waals surface area contributed by atoms with E-state index in [4.69, 9.17) is 4.74 Å². The molecule has 0 unspecified atom stereocenters. The quantitative estimate of drug-likeness (QED) is 0.843. The third-order valence-electron chi connectivity index (χ3n) is 4.51. The Labute approximate surface area is 147 Å². The van der Waals surface area contributed by atoms with E-state index < -0.39 is 0 Å². The molecule has 0 bridgehead atoms. The Morgan fingerprint density at radius 2 is 1.68 bits per heavy atom. The minimum atomic E-state index is -0.216. The lowest BCUT2D eigenvalue weighted by Crippen LogP contribution is -2.45. The van der Waals surface area contributed by atoms with E-state index in [0.29, 0.717) is 18.5 Å². The normalized spacial score (nSPS) is 16.4. The molecule has 1 aliphatic rings. The van der Waals surface area contributed by atoms with Gasteiger partial charge in [-0.25, -0.2) is 4.79 Å². The molecule has 2 aromatic rings. The van der Waals surface area contributed by atoms with E-state index in [1.807, 2.05) is 45.0 Å². The molecule has 0 N–H and O–H groups in total. The molecule has 0 aliphatic carbocycles. The third kappa shape index (κ3) is 4.02. The minimum Gasteiger partial charge on any atom is -0.379 e. The fourth-order valence-corrected chi connectivity index (χ4v) is 3.27. The van der Waals surface area contributed by atoms with Gasteiger partial charge in [-0.15, -0.1) is 0 Å². The predicted molar refractivity (Wildman–Crippen MR) is 99.2 cm³/mol. The molecule has 2 heterocycles. The topological polar surface area (TPSA) is 56.5 Å². The monoisotopic (exact) mass is 345 g/mol. The Hall–Kier alpha value is -1.92. The molecule has 1 saturated heterocycles. The van der Waals surface area contributed by atoms with Crippen LogP contribution in [0.5, 0.6) is 0 Å². The van der Waals surface area contributed by atoms with Crippen molar-refractivity contribution in [2.24, 2.45) is 5.41 Å². The smallest absolute Gasteiger partial charge is 0.331 e. The summed E-state index contributed by atoms with van der Waals surface area (Å²) in [6, 6.07) is 7.39. The lowest BCUT2D eigenvalue weighted by molar-refractivity contribution is 0.0363. The van der Waals surface area contributed by atoms with Crippen LogP contribution < -0.4 is 11.2 Å². The van der Waals surface area contributed by atoms with Crippen LogP contribution in [0.4, 0.5) is 0 Å². The van der Waals surface area contributed by atoms with Crippen molar-refractivity contribution >= 4 is 10.9 Å². The lowest BCUT2D eigenvalue weighted by Gasteiger charge is -2.27. The number of rotatable bonds is 4. The molecule has 1 aromatic carbocycles. The Balaban J connectivity index is 2.03. The molecule has 1 aromatic heterocycles. The van der Waals surface area contributed by atoms with Crippen LogP contribution in [0, 0.1) is 5.41 Å². The number of hydrogen-bond donors (Lipinski definition) is 0. The molecular formula is C19H27N3O3. The zero-order valence-electron chi connectivity index (χ0n) is 15.3. The van der Waals surface area contributed by atoms with Gasteiger partial charge in [-0.1, -0.05) is 32.9 Å². The fourth-order valence-electron chi connectivity index (χ4n) is 3.27. The van der Waals surface area contributed by atoms with Crippen LogP contribution in [0.1, 0.15) is 20.8 Å². The molecule has 6 nitrogen and oxygen atoms in total. The summed E-state index contributed by atoms with van der Waals surface area (Å²) in [5.74, 6) is 0. The molecule has 1 fully saturated rings. The Morgan fingerprint density at radius 3 is 2.36 bits per heavy atom. The van der Waals surface area contributed by atoms with E-state index in [-0.39, 0.29) is 16.7 Å². The van der Waals surface area contributed by atoms with Gasteiger partial charge in [-0.05, 0) is 17.5 Å². The minimum absolute atomic E-state index is 0.145. The van der Waals surface area contributed by atoms with Gasteiger partial charge in [0, 0.05) is 32.7 Å². The van der Waals surface area contributed by atoms with Crippen LogP contribution >= 0.6 is 0 Å².